The van der Waals surface area contributed by atoms with E-state index < -0.39 is 0 Å². The smallest absolute Gasteiger partial charge is 0.213 e. The first-order chi connectivity index (χ1) is 63.4. The molecule has 8 aromatic carbocycles. The molecule has 4 saturated carbocycles. The summed E-state index contributed by atoms with van der Waals surface area (Å²) in [6.07, 6.45) is 28.5. The van der Waals surface area contributed by atoms with Gasteiger partial charge in [-0.05, 0) is 293 Å². The average molecular weight is 1720 g/mol. The van der Waals surface area contributed by atoms with Crippen LogP contribution in [0.4, 0.5) is 4.39 Å². The van der Waals surface area contributed by atoms with Crippen LogP contribution in [-0.2, 0) is 49.9 Å². The van der Waals surface area contributed by atoms with Gasteiger partial charge in [0.2, 0.25) is 22.8 Å². The van der Waals surface area contributed by atoms with Gasteiger partial charge in [-0.3, -0.25) is 19.9 Å². The highest BCUT2D eigenvalue weighted by atomic mass is 19.1. The van der Waals surface area contributed by atoms with Crippen LogP contribution in [0.25, 0.3) is 134 Å². The maximum absolute atomic E-state index is 13.5. The number of halogens is 1. The summed E-state index contributed by atoms with van der Waals surface area (Å²) >= 11 is 0. The van der Waals surface area contributed by atoms with Crippen LogP contribution in [0.3, 0.4) is 0 Å². The third kappa shape index (κ3) is 14.6. The number of aromatic nitrogens is 8. The normalized spacial score (nSPS) is 15.7. The van der Waals surface area contributed by atoms with Crippen molar-refractivity contribution in [3.63, 3.8) is 0 Å². The fourth-order valence-corrected chi connectivity index (χ4v) is 24.2. The summed E-state index contributed by atoms with van der Waals surface area (Å²) in [5, 5.41) is 0. The third-order valence-electron chi connectivity index (χ3n) is 31.2. The molecule has 0 N–H and O–H groups in total. The minimum absolute atomic E-state index is 0.0479. The minimum atomic E-state index is -0.208. The molecule has 650 valence electrons. The van der Waals surface area contributed by atoms with E-state index in [9.17, 15) is 4.39 Å². The molecule has 4 spiro atoms. The van der Waals surface area contributed by atoms with E-state index in [2.05, 4.69) is 365 Å². The number of hydrogen-bond donors (Lipinski definition) is 0. The third-order valence-corrected chi connectivity index (χ3v) is 31.2. The fraction of sp³-hybridized carbons (Fsp3) is 0.279. The molecule has 8 aliphatic rings. The highest BCUT2D eigenvalue weighted by molar-refractivity contribution is 5.90. The van der Waals surface area contributed by atoms with Crippen molar-refractivity contribution in [3.8, 4) is 134 Å². The molecule has 131 heavy (non-hydrogen) atoms. The lowest BCUT2D eigenvalue weighted by Gasteiger charge is -2.26. The van der Waals surface area contributed by atoms with Gasteiger partial charge >= 0.3 is 0 Å². The van der Waals surface area contributed by atoms with E-state index in [1.807, 2.05) is 12.1 Å². The van der Waals surface area contributed by atoms with Gasteiger partial charge in [-0.15, -0.1) is 0 Å². The van der Waals surface area contributed by atoms with Gasteiger partial charge in [0.05, 0.1) is 22.8 Å². The second-order valence-corrected chi connectivity index (χ2v) is 39.7. The van der Waals surface area contributed by atoms with Crippen LogP contribution in [0, 0.1) is 75.1 Å². The number of pyridine rings is 8. The second-order valence-electron chi connectivity index (χ2n) is 39.7. The predicted molar refractivity (Wildman–Crippen MR) is 531 cm³/mol. The number of nitrogens with zero attached hydrogens (tertiary/aromatic N) is 8. The number of aryl methyl sites for hydroxylation is 14. The fourth-order valence-electron chi connectivity index (χ4n) is 24.2. The molecule has 24 rings (SSSR count). The lowest BCUT2D eigenvalue weighted by Crippen LogP contribution is -2.30. The second kappa shape index (κ2) is 33.4. The van der Waals surface area contributed by atoms with E-state index in [1.165, 1.54) is 316 Å². The first-order valence-electron chi connectivity index (χ1n) is 48.0. The Morgan fingerprint density at radius 2 is 0.450 bits per heavy atom. The number of fused-ring (bicyclic) bond motifs is 20. The Kier molecular flexibility index (Phi) is 21.6. The highest BCUT2D eigenvalue weighted by Crippen LogP contribution is 2.62. The first kappa shape index (κ1) is 84.7. The van der Waals surface area contributed by atoms with Gasteiger partial charge in [0, 0.05) is 137 Å². The Hall–Kier alpha value is -13.1. The van der Waals surface area contributed by atoms with Crippen LogP contribution in [0.15, 0.2) is 274 Å². The molecule has 0 amide bonds. The first-order valence-corrected chi connectivity index (χ1v) is 48.0. The monoisotopic (exact) mass is 1710 g/mol. The molecule has 16 aromatic rings. The SMILES string of the molecule is Cc1ccc(-c2cc[n+](C)c(-c3cc4c(cc3C)-c3ccc(C)nc3C43CCCC3)c2)cc1.Cc1ccc(-c2cc[n+](C)c(-c3cc4c(cc3C)-c3ccc(C)nc3C43CCCC3)c2)cc1.Cc1ccc2c(n1)C1(CCCC1)c1cc(-c3cc(-c4ccc(F)cc4)cc[n+]3C)c(C)cc1-2.Cc1ccc2c(n1)C1(CCCC1)c1cc(-c3cc(-c4ccccc4)cc[n+]3C)c(C)cc1-2. The molecule has 0 atom stereocenters. The molecular weight excluding hydrogens is 1600 g/mol. The van der Waals surface area contributed by atoms with E-state index in [0.29, 0.717) is 0 Å². The number of hydrogen-bond acceptors (Lipinski definition) is 4. The van der Waals surface area contributed by atoms with E-state index >= 15 is 0 Å². The maximum Gasteiger partial charge on any atom is 0.213 e. The molecule has 8 aromatic heterocycles. The van der Waals surface area contributed by atoms with Crippen LogP contribution in [0.1, 0.15) is 204 Å². The standard InChI is InChI=1S/2C31H31N2.C30H28FN2.C30H29N2/c2*1-20-7-10-23(11-8-20)24-13-16-33(4)29(18-24)26-19-28-27(17-21(26)2)25-12-9-22(3)32-30(25)31(28)14-5-6-15-31;1-19-16-26-24-11-6-20(2)32-29(24)30(13-4-5-14-30)27(26)18-25(19)28-17-22(12-15-33(28)3)21-7-9-23(31)10-8-21;1-20-17-26-24-12-11-21(2)31-29(24)30(14-7-8-15-30)27(26)19-25(20)28-18-23(13-16-32(28)3)22-9-5-4-6-10-22/h2*7-13,16-19H,5-6,14-15H2,1-4H3;6-12,15-18H,4-5,13-14H2,1-3H3;4-6,9-13,16-19H,7-8,14-15H2,1-3H3/q4*+1. The molecule has 8 heterocycles. The molecule has 0 radical (unpaired) electrons. The highest BCUT2D eigenvalue weighted by Gasteiger charge is 2.52. The summed E-state index contributed by atoms with van der Waals surface area (Å²) in [7, 11) is 8.57. The quantitative estimate of drug-likeness (QED) is 0.142. The van der Waals surface area contributed by atoms with Crippen molar-refractivity contribution in [2.45, 2.75) is 194 Å². The molecule has 9 heteroatoms. The summed E-state index contributed by atoms with van der Waals surface area (Å²) in [4.78, 5) is 20.4. The predicted octanol–water partition coefficient (Wildman–Crippen LogP) is 27.5. The minimum Gasteiger partial charge on any atom is -0.257 e. The van der Waals surface area contributed by atoms with Gasteiger partial charge in [0.25, 0.3) is 0 Å². The Balaban J connectivity index is 0.000000105. The summed E-state index contributed by atoms with van der Waals surface area (Å²) in [5.41, 5.74) is 54.7. The van der Waals surface area contributed by atoms with Crippen LogP contribution < -0.4 is 18.3 Å². The van der Waals surface area contributed by atoms with E-state index in [-0.39, 0.29) is 27.5 Å². The van der Waals surface area contributed by atoms with Gasteiger partial charge in [-0.1, -0.05) is 202 Å². The zero-order chi connectivity index (χ0) is 90.1. The zero-order valence-electron chi connectivity index (χ0n) is 78.8. The lowest BCUT2D eigenvalue weighted by molar-refractivity contribution is -0.660. The van der Waals surface area contributed by atoms with Crippen LogP contribution in [0.2, 0.25) is 0 Å². The Labute approximate surface area is 773 Å². The molecule has 0 bridgehead atoms. The van der Waals surface area contributed by atoms with Crippen molar-refractivity contribution in [1.29, 1.82) is 0 Å². The maximum atomic E-state index is 13.5. The van der Waals surface area contributed by atoms with Crippen LogP contribution in [0.5, 0.6) is 0 Å². The molecule has 8 aliphatic carbocycles. The van der Waals surface area contributed by atoms with E-state index in [1.54, 1.807) is 0 Å². The summed E-state index contributed by atoms with van der Waals surface area (Å²) in [5.74, 6) is -0.208. The zero-order valence-corrected chi connectivity index (χ0v) is 78.8. The van der Waals surface area contributed by atoms with Crippen molar-refractivity contribution < 1.29 is 22.7 Å². The molecule has 8 nitrogen and oxygen atoms in total. The van der Waals surface area contributed by atoms with Crippen molar-refractivity contribution in [3.05, 3.63) is 381 Å². The summed E-state index contributed by atoms with van der Waals surface area (Å²) < 4.78 is 22.4. The van der Waals surface area contributed by atoms with Gasteiger partial charge in [0.15, 0.2) is 24.8 Å². The lowest BCUT2D eigenvalue weighted by atomic mass is 9.78. The molecular formula is C122H119FN8+4. The molecule has 0 aliphatic heterocycles. The number of benzene rings is 8. The molecule has 0 saturated heterocycles. The summed E-state index contributed by atoms with van der Waals surface area (Å²) in [6, 6.07) is 90.5. The largest absolute Gasteiger partial charge is 0.257 e. The Morgan fingerprint density at radius 1 is 0.221 bits per heavy atom. The Morgan fingerprint density at radius 3 is 0.695 bits per heavy atom. The molecule has 4 fully saturated rings. The van der Waals surface area contributed by atoms with Crippen molar-refractivity contribution in [1.82, 2.24) is 19.9 Å². The van der Waals surface area contributed by atoms with Crippen molar-refractivity contribution >= 4 is 0 Å². The topological polar surface area (TPSA) is 67.1 Å². The van der Waals surface area contributed by atoms with Gasteiger partial charge in [0.1, 0.15) is 34.0 Å². The van der Waals surface area contributed by atoms with Gasteiger partial charge in [-0.25, -0.2) is 22.7 Å². The van der Waals surface area contributed by atoms with Crippen LogP contribution >= 0.6 is 0 Å². The van der Waals surface area contributed by atoms with Crippen molar-refractivity contribution in [2.24, 2.45) is 28.2 Å². The molecule has 0 unspecified atom stereocenters. The average Bonchev–Trinajstić information content (AvgIpc) is 1.57. The summed E-state index contributed by atoms with van der Waals surface area (Å²) in [6.45, 7) is 21.7. The van der Waals surface area contributed by atoms with Crippen LogP contribution in [-0.4, -0.2) is 19.9 Å². The van der Waals surface area contributed by atoms with Gasteiger partial charge in [-0.2, -0.15) is 0 Å². The number of rotatable bonds is 8. The van der Waals surface area contributed by atoms with Crippen molar-refractivity contribution in [2.75, 3.05) is 0 Å². The Bertz CT molecular complexity index is 6740. The van der Waals surface area contributed by atoms with E-state index in [0.717, 1.165) is 33.9 Å². The van der Waals surface area contributed by atoms with E-state index in [4.69, 9.17) is 19.9 Å². The van der Waals surface area contributed by atoms with Gasteiger partial charge < -0.3 is 0 Å².